The second-order valence-electron chi connectivity index (χ2n) is 6.36. The van der Waals surface area contributed by atoms with E-state index in [2.05, 4.69) is 37.5 Å². The van der Waals surface area contributed by atoms with E-state index in [1.165, 1.54) is 11.8 Å². The first-order valence-corrected chi connectivity index (χ1v) is 10.2. The molecule has 2 aromatic rings. The summed E-state index contributed by atoms with van der Waals surface area (Å²) in [6, 6.07) is 9.87. The van der Waals surface area contributed by atoms with Gasteiger partial charge in [-0.3, -0.25) is 4.79 Å². The Morgan fingerprint density at radius 2 is 2.08 bits per heavy atom. The number of nitrogens with one attached hydrogen (secondary N) is 1. The van der Waals surface area contributed by atoms with Gasteiger partial charge in [0.15, 0.2) is 0 Å². The predicted molar refractivity (Wildman–Crippen MR) is 102 cm³/mol. The molecule has 0 bridgehead atoms. The molecule has 1 aliphatic carbocycles. The summed E-state index contributed by atoms with van der Waals surface area (Å²) in [6.07, 6.45) is 4.46. The Balaban J connectivity index is 1.65. The van der Waals surface area contributed by atoms with Crippen LogP contribution < -0.4 is 5.32 Å². The highest BCUT2D eigenvalue weighted by atomic mass is 79.9. The number of carbonyl (C=O) groups excluding carboxylic acids is 1. The summed E-state index contributed by atoms with van der Waals surface area (Å²) in [5.41, 5.74) is 0.0635. The molecule has 6 nitrogen and oxygen atoms in total. The number of aromatic nitrogens is 2. The van der Waals surface area contributed by atoms with E-state index in [4.69, 9.17) is 4.42 Å². The zero-order valence-corrected chi connectivity index (χ0v) is 16.8. The monoisotopic (exact) mass is 434 g/mol. The van der Waals surface area contributed by atoms with Gasteiger partial charge in [0.2, 0.25) is 11.8 Å². The second-order valence-corrected chi connectivity index (χ2v) is 8.50. The van der Waals surface area contributed by atoms with Crippen LogP contribution >= 0.6 is 27.7 Å². The van der Waals surface area contributed by atoms with Crippen LogP contribution in [-0.4, -0.2) is 26.9 Å². The molecule has 1 atom stereocenters. The maximum absolute atomic E-state index is 12.5. The van der Waals surface area contributed by atoms with E-state index in [1.54, 1.807) is 6.92 Å². The topological polar surface area (TPSA) is 91.8 Å². The van der Waals surface area contributed by atoms with Crippen LogP contribution in [0.1, 0.15) is 39.0 Å². The van der Waals surface area contributed by atoms with Gasteiger partial charge in [-0.15, -0.1) is 10.2 Å². The molecule has 0 unspecified atom stereocenters. The van der Waals surface area contributed by atoms with Gasteiger partial charge in [-0.1, -0.05) is 43.2 Å². The van der Waals surface area contributed by atoms with Gasteiger partial charge in [0.25, 0.3) is 5.22 Å². The van der Waals surface area contributed by atoms with Crippen molar-refractivity contribution in [2.24, 2.45) is 0 Å². The highest BCUT2D eigenvalue weighted by molar-refractivity contribution is 9.10. The molecular weight excluding hydrogens is 416 g/mol. The molecule has 1 aliphatic rings. The van der Waals surface area contributed by atoms with Crippen LogP contribution in [0.25, 0.3) is 11.5 Å². The first-order chi connectivity index (χ1) is 12.5. The minimum absolute atomic E-state index is 0.181. The number of halogens is 1. The van der Waals surface area contributed by atoms with Crippen LogP contribution in [0, 0.1) is 11.3 Å². The molecule has 0 aliphatic heterocycles. The van der Waals surface area contributed by atoms with E-state index in [0.717, 1.165) is 29.3 Å². The summed E-state index contributed by atoms with van der Waals surface area (Å²) in [4.78, 5) is 12.5. The summed E-state index contributed by atoms with van der Waals surface area (Å²) in [6.45, 7) is 1.77. The number of nitriles is 1. The fourth-order valence-corrected chi connectivity index (χ4v) is 4.10. The summed E-state index contributed by atoms with van der Waals surface area (Å²) in [7, 11) is 0. The predicted octanol–water partition coefficient (Wildman–Crippen LogP) is 4.32. The first-order valence-electron chi connectivity index (χ1n) is 8.51. The highest BCUT2D eigenvalue weighted by Gasteiger charge is 2.35. The van der Waals surface area contributed by atoms with Crippen LogP contribution in [0.15, 0.2) is 38.4 Å². The number of carbonyl (C=O) groups is 1. The summed E-state index contributed by atoms with van der Waals surface area (Å²) in [5.74, 6) is 0.215. The van der Waals surface area contributed by atoms with E-state index in [9.17, 15) is 10.1 Å². The van der Waals surface area contributed by atoms with Crippen molar-refractivity contribution in [3.8, 4) is 17.5 Å². The molecule has 1 N–H and O–H groups in total. The molecule has 1 aromatic carbocycles. The molecule has 0 saturated heterocycles. The minimum atomic E-state index is -0.737. The molecule has 3 rings (SSSR count). The number of nitrogens with zero attached hydrogens (tertiary/aromatic N) is 3. The SMILES string of the molecule is C[C@H](Sc1nnc(-c2ccccc2Br)o1)C(=O)NC1(C#N)CCCCC1. The third kappa shape index (κ3) is 4.27. The number of thioether (sulfide) groups is 1. The Bertz CT molecular complexity index is 827. The molecule has 136 valence electrons. The molecule has 1 saturated carbocycles. The normalized spacial score (nSPS) is 17.3. The van der Waals surface area contributed by atoms with Crippen LogP contribution in [-0.2, 0) is 4.79 Å². The van der Waals surface area contributed by atoms with Gasteiger partial charge in [-0.05, 0) is 47.8 Å². The number of hydrogen-bond donors (Lipinski definition) is 1. The van der Waals surface area contributed by atoms with Crippen molar-refractivity contribution in [2.45, 2.75) is 55.0 Å². The van der Waals surface area contributed by atoms with E-state index in [0.29, 0.717) is 24.0 Å². The molecule has 26 heavy (non-hydrogen) atoms. The summed E-state index contributed by atoms with van der Waals surface area (Å²) >= 11 is 4.65. The molecular formula is C18H19BrN4O2S. The van der Waals surface area contributed by atoms with E-state index in [-0.39, 0.29) is 5.91 Å². The van der Waals surface area contributed by atoms with Gasteiger partial charge >= 0.3 is 0 Å². The number of hydrogen-bond acceptors (Lipinski definition) is 6. The van der Waals surface area contributed by atoms with Crippen molar-refractivity contribution >= 4 is 33.6 Å². The Hall–Kier alpha value is -1.85. The molecule has 0 spiro atoms. The van der Waals surface area contributed by atoms with Crippen molar-refractivity contribution in [1.82, 2.24) is 15.5 Å². The third-order valence-electron chi connectivity index (χ3n) is 4.44. The van der Waals surface area contributed by atoms with Crippen LogP contribution in [0.3, 0.4) is 0 Å². The maximum Gasteiger partial charge on any atom is 0.277 e. The fourth-order valence-electron chi connectivity index (χ4n) is 2.96. The van der Waals surface area contributed by atoms with Gasteiger partial charge in [0.05, 0.1) is 16.9 Å². The van der Waals surface area contributed by atoms with Crippen LogP contribution in [0.5, 0.6) is 0 Å². The zero-order valence-electron chi connectivity index (χ0n) is 14.4. The standard InChI is InChI=1S/C18H19BrN4O2S/c1-12(15(24)21-18(11-20)9-5-2-6-10-18)26-17-23-22-16(25-17)13-7-3-4-8-14(13)19/h3-4,7-8,12H,2,5-6,9-10H2,1H3,(H,21,24)/t12-/m0/s1. The average Bonchev–Trinajstić information content (AvgIpc) is 3.11. The Morgan fingerprint density at radius 1 is 1.35 bits per heavy atom. The smallest absolute Gasteiger partial charge is 0.277 e. The fraction of sp³-hybridized carbons (Fsp3) is 0.444. The number of amides is 1. The van der Waals surface area contributed by atoms with Crippen molar-refractivity contribution in [2.75, 3.05) is 0 Å². The van der Waals surface area contributed by atoms with Gasteiger partial charge in [-0.2, -0.15) is 5.26 Å². The quantitative estimate of drug-likeness (QED) is 0.704. The third-order valence-corrected chi connectivity index (χ3v) is 6.07. The molecule has 1 fully saturated rings. The van der Waals surface area contributed by atoms with Gasteiger partial charge in [0.1, 0.15) is 5.54 Å². The lowest BCUT2D eigenvalue weighted by molar-refractivity contribution is -0.122. The van der Waals surface area contributed by atoms with Gasteiger partial charge < -0.3 is 9.73 Å². The highest BCUT2D eigenvalue weighted by Crippen LogP contribution is 2.31. The molecule has 1 amide bonds. The van der Waals surface area contributed by atoms with Crippen LogP contribution in [0.2, 0.25) is 0 Å². The van der Waals surface area contributed by atoms with Gasteiger partial charge in [0, 0.05) is 4.47 Å². The lowest BCUT2D eigenvalue weighted by Crippen LogP contribution is -2.50. The second kappa shape index (κ2) is 8.23. The van der Waals surface area contributed by atoms with E-state index >= 15 is 0 Å². The Kier molecular flexibility index (Phi) is 5.99. The lowest BCUT2D eigenvalue weighted by Gasteiger charge is -2.32. The van der Waals surface area contributed by atoms with Crippen molar-refractivity contribution in [3.05, 3.63) is 28.7 Å². The van der Waals surface area contributed by atoms with Crippen molar-refractivity contribution in [1.29, 1.82) is 5.26 Å². The van der Waals surface area contributed by atoms with Crippen molar-refractivity contribution in [3.63, 3.8) is 0 Å². The summed E-state index contributed by atoms with van der Waals surface area (Å²) in [5, 5.41) is 20.4. The first kappa shape index (κ1) is 18.9. The Morgan fingerprint density at radius 3 is 2.77 bits per heavy atom. The number of rotatable bonds is 5. The van der Waals surface area contributed by atoms with Crippen LogP contribution in [0.4, 0.5) is 0 Å². The number of benzene rings is 1. The van der Waals surface area contributed by atoms with E-state index < -0.39 is 10.8 Å². The zero-order chi connectivity index (χ0) is 18.6. The minimum Gasteiger partial charge on any atom is -0.411 e. The molecule has 1 aromatic heterocycles. The molecule has 0 radical (unpaired) electrons. The molecule has 8 heteroatoms. The molecule has 1 heterocycles. The maximum atomic E-state index is 12.5. The van der Waals surface area contributed by atoms with Gasteiger partial charge in [-0.25, -0.2) is 0 Å². The summed E-state index contributed by atoms with van der Waals surface area (Å²) < 4.78 is 6.54. The average molecular weight is 435 g/mol. The largest absolute Gasteiger partial charge is 0.411 e. The lowest BCUT2D eigenvalue weighted by atomic mass is 9.83. The van der Waals surface area contributed by atoms with E-state index in [1.807, 2.05) is 24.3 Å². The van der Waals surface area contributed by atoms with Crippen molar-refractivity contribution < 1.29 is 9.21 Å². The Labute approximate surface area is 164 Å².